The molecule has 0 aromatic heterocycles. The van der Waals surface area contributed by atoms with E-state index in [0.717, 1.165) is 6.07 Å². The third kappa shape index (κ3) is 4.58. The van der Waals surface area contributed by atoms with E-state index in [1.165, 1.54) is 6.92 Å². The number of rotatable bonds is 5. The molecule has 0 bridgehead atoms. The zero-order chi connectivity index (χ0) is 18.8. The first-order valence-corrected chi connectivity index (χ1v) is 7.76. The van der Waals surface area contributed by atoms with Crippen LogP contribution >= 0.6 is 0 Å². The molecular formula is C16H18F6O3. The van der Waals surface area contributed by atoms with Gasteiger partial charge in [-0.2, -0.15) is 22.0 Å². The molecule has 1 fully saturated rings. The summed E-state index contributed by atoms with van der Waals surface area (Å²) >= 11 is 0. The summed E-state index contributed by atoms with van der Waals surface area (Å²) in [5, 5.41) is 0. The second-order valence-electron chi connectivity index (χ2n) is 5.71. The van der Waals surface area contributed by atoms with Crippen LogP contribution in [0.2, 0.25) is 0 Å². The lowest BCUT2D eigenvalue weighted by atomic mass is 10.0. The standard InChI is InChI=1S/C16H18F6O3/c1-3-23-12-7-6-11(13(14(12)17)15(18,19)20)16(21,22)25-10-5-4-9(2)24-8-10/h6-7,9-10H,3-5,8H2,1-2H3. The summed E-state index contributed by atoms with van der Waals surface area (Å²) in [6.45, 7) is 2.90. The Kier molecular flexibility index (Phi) is 5.88. The molecule has 1 heterocycles. The Balaban J connectivity index is 2.37. The molecule has 9 heteroatoms. The lowest BCUT2D eigenvalue weighted by molar-refractivity contribution is -0.290. The fourth-order valence-corrected chi connectivity index (χ4v) is 2.57. The SMILES string of the molecule is CCOc1ccc(C(F)(F)OC2CCC(C)OC2)c(C(F)(F)F)c1F. The second kappa shape index (κ2) is 7.41. The van der Waals surface area contributed by atoms with Gasteiger partial charge < -0.3 is 14.2 Å². The molecular weight excluding hydrogens is 354 g/mol. The lowest BCUT2D eigenvalue weighted by Crippen LogP contribution is -2.36. The molecule has 25 heavy (non-hydrogen) atoms. The predicted molar refractivity (Wildman–Crippen MR) is 76.0 cm³/mol. The largest absolute Gasteiger partial charge is 0.491 e. The molecule has 1 aromatic rings. The molecule has 0 saturated carbocycles. The van der Waals surface area contributed by atoms with Crippen LogP contribution in [0.1, 0.15) is 37.8 Å². The fourth-order valence-electron chi connectivity index (χ4n) is 2.57. The highest BCUT2D eigenvalue weighted by Gasteiger charge is 2.48. The average molecular weight is 372 g/mol. The monoisotopic (exact) mass is 372 g/mol. The third-order valence-corrected chi connectivity index (χ3v) is 3.78. The van der Waals surface area contributed by atoms with E-state index in [4.69, 9.17) is 9.47 Å². The summed E-state index contributed by atoms with van der Waals surface area (Å²) in [5.41, 5.74) is -3.67. The summed E-state index contributed by atoms with van der Waals surface area (Å²) in [5.74, 6) is -2.63. The van der Waals surface area contributed by atoms with E-state index in [2.05, 4.69) is 4.74 Å². The highest BCUT2D eigenvalue weighted by molar-refractivity contribution is 5.41. The van der Waals surface area contributed by atoms with Crippen molar-refractivity contribution in [3.8, 4) is 5.75 Å². The van der Waals surface area contributed by atoms with Crippen molar-refractivity contribution in [3.05, 3.63) is 29.1 Å². The number of halogens is 6. The second-order valence-corrected chi connectivity index (χ2v) is 5.71. The molecule has 2 unspecified atom stereocenters. The first-order chi connectivity index (χ1) is 11.6. The van der Waals surface area contributed by atoms with Gasteiger partial charge in [-0.05, 0) is 38.8 Å². The molecule has 142 valence electrons. The molecule has 3 nitrogen and oxygen atoms in total. The van der Waals surface area contributed by atoms with E-state index in [-0.39, 0.29) is 25.7 Å². The van der Waals surface area contributed by atoms with E-state index in [0.29, 0.717) is 12.5 Å². The highest BCUT2D eigenvalue weighted by atomic mass is 19.4. The Morgan fingerprint density at radius 1 is 1.16 bits per heavy atom. The quantitative estimate of drug-likeness (QED) is 0.690. The Morgan fingerprint density at radius 2 is 1.84 bits per heavy atom. The van der Waals surface area contributed by atoms with E-state index >= 15 is 0 Å². The number of ether oxygens (including phenoxy) is 3. The number of hydrogen-bond acceptors (Lipinski definition) is 3. The summed E-state index contributed by atoms with van der Waals surface area (Å²) in [7, 11) is 0. The maximum atomic E-state index is 14.3. The third-order valence-electron chi connectivity index (χ3n) is 3.78. The molecule has 1 aromatic carbocycles. The molecule has 1 saturated heterocycles. The van der Waals surface area contributed by atoms with Crippen molar-refractivity contribution >= 4 is 0 Å². The normalized spacial score (nSPS) is 22.1. The Bertz CT molecular complexity index is 594. The Hall–Kier alpha value is -1.48. The van der Waals surface area contributed by atoms with Gasteiger partial charge in [-0.25, -0.2) is 4.39 Å². The number of benzene rings is 1. The van der Waals surface area contributed by atoms with Gasteiger partial charge in [-0.3, -0.25) is 0 Å². The smallest absolute Gasteiger partial charge is 0.419 e. The lowest BCUT2D eigenvalue weighted by Gasteiger charge is -2.31. The van der Waals surface area contributed by atoms with Gasteiger partial charge in [0, 0.05) is 0 Å². The topological polar surface area (TPSA) is 27.7 Å². The minimum Gasteiger partial charge on any atom is -0.491 e. The summed E-state index contributed by atoms with van der Waals surface area (Å²) in [6.07, 6.45) is -10.2. The van der Waals surface area contributed by atoms with E-state index in [1.54, 1.807) is 6.92 Å². The van der Waals surface area contributed by atoms with Gasteiger partial charge in [-0.15, -0.1) is 0 Å². The van der Waals surface area contributed by atoms with Crippen LogP contribution in [0.15, 0.2) is 12.1 Å². The number of alkyl halides is 5. The van der Waals surface area contributed by atoms with Crippen LogP contribution in [0.5, 0.6) is 5.75 Å². The predicted octanol–water partition coefficient (Wildman–Crippen LogP) is 4.88. The van der Waals surface area contributed by atoms with Crippen molar-refractivity contribution in [2.45, 2.75) is 51.2 Å². The summed E-state index contributed by atoms with van der Waals surface area (Å²) in [4.78, 5) is 0. The first-order valence-electron chi connectivity index (χ1n) is 7.76. The van der Waals surface area contributed by atoms with Gasteiger partial charge in [0.1, 0.15) is 5.56 Å². The van der Waals surface area contributed by atoms with E-state index in [1.807, 2.05) is 0 Å². The minimum atomic E-state index is -5.34. The van der Waals surface area contributed by atoms with E-state index < -0.39 is 41.1 Å². The van der Waals surface area contributed by atoms with Crippen molar-refractivity contribution in [2.75, 3.05) is 13.2 Å². The summed E-state index contributed by atoms with van der Waals surface area (Å²) < 4.78 is 96.8. The summed E-state index contributed by atoms with van der Waals surface area (Å²) in [6, 6.07) is 1.21. The van der Waals surface area contributed by atoms with E-state index in [9.17, 15) is 26.3 Å². The molecule has 0 spiro atoms. The number of hydrogen-bond donors (Lipinski definition) is 0. The first kappa shape index (κ1) is 19.8. The van der Waals surface area contributed by atoms with Gasteiger partial charge in [0.2, 0.25) is 0 Å². The molecule has 0 N–H and O–H groups in total. The molecule has 0 aliphatic carbocycles. The molecule has 0 amide bonds. The molecule has 1 aliphatic rings. The zero-order valence-electron chi connectivity index (χ0n) is 13.6. The molecule has 2 rings (SSSR count). The van der Waals surface area contributed by atoms with Crippen LogP contribution in [0.4, 0.5) is 26.3 Å². The van der Waals surface area contributed by atoms with Crippen molar-refractivity contribution in [3.63, 3.8) is 0 Å². The van der Waals surface area contributed by atoms with Crippen molar-refractivity contribution in [1.29, 1.82) is 0 Å². The fraction of sp³-hybridized carbons (Fsp3) is 0.625. The Morgan fingerprint density at radius 3 is 2.36 bits per heavy atom. The van der Waals surface area contributed by atoms with Crippen molar-refractivity contribution in [1.82, 2.24) is 0 Å². The molecule has 1 aliphatic heterocycles. The van der Waals surface area contributed by atoms with Gasteiger partial charge in [0.15, 0.2) is 11.6 Å². The van der Waals surface area contributed by atoms with Crippen LogP contribution in [0, 0.1) is 5.82 Å². The van der Waals surface area contributed by atoms with Crippen LogP contribution < -0.4 is 4.74 Å². The van der Waals surface area contributed by atoms with Gasteiger partial charge in [-0.1, -0.05) is 0 Å². The zero-order valence-corrected chi connectivity index (χ0v) is 13.6. The average Bonchev–Trinajstić information content (AvgIpc) is 2.50. The van der Waals surface area contributed by atoms with Gasteiger partial charge in [0.05, 0.1) is 31.0 Å². The molecule has 0 radical (unpaired) electrons. The van der Waals surface area contributed by atoms with Crippen LogP contribution in [0.3, 0.4) is 0 Å². The van der Waals surface area contributed by atoms with Gasteiger partial charge >= 0.3 is 12.3 Å². The maximum Gasteiger partial charge on any atom is 0.419 e. The molecule has 2 atom stereocenters. The van der Waals surface area contributed by atoms with Crippen LogP contribution in [-0.4, -0.2) is 25.4 Å². The van der Waals surface area contributed by atoms with Crippen molar-refractivity contribution < 1.29 is 40.6 Å². The Labute approximate surface area is 140 Å². The highest BCUT2D eigenvalue weighted by Crippen LogP contribution is 2.44. The van der Waals surface area contributed by atoms with Crippen molar-refractivity contribution in [2.24, 2.45) is 0 Å². The van der Waals surface area contributed by atoms with Crippen LogP contribution in [-0.2, 0) is 21.8 Å². The van der Waals surface area contributed by atoms with Crippen LogP contribution in [0.25, 0.3) is 0 Å². The van der Waals surface area contributed by atoms with Gasteiger partial charge in [0.25, 0.3) is 0 Å². The minimum absolute atomic E-state index is 0.113. The maximum absolute atomic E-state index is 14.3.